The normalized spacial score (nSPS) is 40.1. The Bertz CT molecular complexity index is 2040. The molecule has 3 aliphatic heterocycles. The number of hydrogen-bond donors (Lipinski definition) is 15. The number of ether oxygens (including phenoxy) is 4. The number of carboxylic acids is 1. The topological polar surface area (TPSA) is 426 Å². The number of aliphatic hydroxyl groups is 10. The molecule has 436 valence electrons. The molecule has 3 aliphatic rings. The highest BCUT2D eigenvalue weighted by atomic mass is 16.7. The first-order valence-corrected chi connectivity index (χ1v) is 26.1. The summed E-state index contributed by atoms with van der Waals surface area (Å²) in [7, 11) is 0. The van der Waals surface area contributed by atoms with Gasteiger partial charge in [-0.1, -0.05) is 98.9 Å². The molecule has 0 aromatic heterocycles. The monoisotopic (exact) mass is 1090 g/mol. The van der Waals surface area contributed by atoms with Crippen LogP contribution >= 0.6 is 0 Å². The number of allylic oxidation sites excluding steroid dienone is 12. The van der Waals surface area contributed by atoms with Crippen LogP contribution in [0.15, 0.2) is 95.0 Å². The van der Waals surface area contributed by atoms with Crippen molar-refractivity contribution >= 4 is 23.9 Å². The van der Waals surface area contributed by atoms with Crippen LogP contribution in [0.2, 0.25) is 0 Å². The lowest BCUT2D eigenvalue weighted by atomic mass is 9.82. The lowest BCUT2D eigenvalue weighted by Gasteiger charge is -2.47. The summed E-state index contributed by atoms with van der Waals surface area (Å²) in [5, 5.41) is 122. The molecule has 0 aliphatic carbocycles. The Labute approximate surface area is 450 Å². The van der Waals surface area contributed by atoms with Gasteiger partial charge in [0, 0.05) is 50.6 Å². The first kappa shape index (κ1) is 66.4. The standard InChI is InChI=1S/C53H87N7O17/c1-31-17-15-13-11-9-7-5-6-8-10-12-14-16-18-38(76-50-48(70)45(47(69)34(4)75-50)60(23-21-58-51(54)55)24-22-59-52(56)57)28-42-44(49(71)72)41(66)30-53(73,77-42)29-37(63)26-40(65)39(64)20-19-35(61)25-36(62)27-43(67)74-33(3)32(2)46(31)68/h5-18,31-42,44-48,50,61-66,68-70,73H,19-30H2,1-4H3,(H,71,72)(H4,54,55,58)(H4,56,57,59)/b6-5+,9-7+,10-8+,13-11+,14-12+,17-15+,18-16+/t31-,32-,33-,34+,35+,36+,37-,38-,39+,40+,41-,42-,44+,45-,46+,47+,48-,50-,53+/m0/s1. The predicted octanol–water partition coefficient (Wildman–Crippen LogP) is -1.40. The Morgan fingerprint density at radius 1 is 0.662 bits per heavy atom. The Hall–Kier alpha value is -4.90. The van der Waals surface area contributed by atoms with Crippen LogP contribution in [-0.2, 0) is 28.5 Å². The van der Waals surface area contributed by atoms with Gasteiger partial charge < -0.3 is 98.1 Å². The van der Waals surface area contributed by atoms with Crippen LogP contribution in [-0.4, -0.2) is 209 Å². The fraction of sp³-hybridized carbons (Fsp3) is 0.660. The number of aliphatic carboxylic acids is 1. The molecule has 3 rings (SSSR count). The molecule has 0 radical (unpaired) electrons. The van der Waals surface area contributed by atoms with E-state index < -0.39 is 153 Å². The third-order valence-corrected chi connectivity index (χ3v) is 13.7. The van der Waals surface area contributed by atoms with Crippen molar-refractivity contribution in [3.8, 4) is 0 Å². The molecule has 2 bridgehead atoms. The van der Waals surface area contributed by atoms with Crippen molar-refractivity contribution < 1.29 is 84.7 Å². The molecule has 77 heavy (non-hydrogen) atoms. The summed E-state index contributed by atoms with van der Waals surface area (Å²) in [6.45, 7) is 7.11. The highest BCUT2D eigenvalue weighted by molar-refractivity contribution is 5.76. The summed E-state index contributed by atoms with van der Waals surface area (Å²) < 4.78 is 23.9. The van der Waals surface area contributed by atoms with Gasteiger partial charge in [0.1, 0.15) is 18.1 Å². The number of carbonyl (C=O) groups excluding carboxylic acids is 1. The zero-order valence-electron chi connectivity index (χ0n) is 44.5. The second-order valence-corrected chi connectivity index (χ2v) is 20.1. The molecule has 0 unspecified atom stereocenters. The van der Waals surface area contributed by atoms with Gasteiger partial charge in [-0.05, 0) is 33.1 Å². The number of aliphatic hydroxyl groups excluding tert-OH is 9. The molecule has 0 aromatic rings. The molecule has 0 aromatic carbocycles. The number of rotatable bonds is 10. The maximum absolute atomic E-state index is 12.8. The van der Waals surface area contributed by atoms with Gasteiger partial charge in [0.2, 0.25) is 0 Å². The van der Waals surface area contributed by atoms with Crippen molar-refractivity contribution in [2.24, 2.45) is 50.7 Å². The molecule has 0 saturated carbocycles. The fourth-order valence-electron chi connectivity index (χ4n) is 9.37. The number of carboxylic acid groups (broad SMARTS) is 1. The predicted molar refractivity (Wildman–Crippen MR) is 286 cm³/mol. The molecule has 3 heterocycles. The lowest BCUT2D eigenvalue weighted by molar-refractivity contribution is -0.312. The van der Waals surface area contributed by atoms with Crippen molar-refractivity contribution in [3.63, 3.8) is 0 Å². The number of esters is 1. The molecular weight excluding hydrogens is 1010 g/mol. The van der Waals surface area contributed by atoms with Crippen LogP contribution in [0.3, 0.4) is 0 Å². The highest BCUT2D eigenvalue weighted by Gasteiger charge is 2.51. The number of hydrogen-bond acceptors (Lipinski definition) is 19. The van der Waals surface area contributed by atoms with E-state index in [1.54, 1.807) is 98.6 Å². The summed E-state index contributed by atoms with van der Waals surface area (Å²) in [5.41, 5.74) is 22.2. The summed E-state index contributed by atoms with van der Waals surface area (Å²) in [6, 6.07) is -1.08. The maximum atomic E-state index is 12.8. The number of fused-ring (bicyclic) bond motifs is 2. The fourth-order valence-corrected chi connectivity index (χ4v) is 9.37. The van der Waals surface area contributed by atoms with Crippen LogP contribution < -0.4 is 22.9 Å². The number of aliphatic imine (C=N–C) groups is 2. The molecule has 24 heteroatoms. The van der Waals surface area contributed by atoms with Crippen LogP contribution in [0, 0.1) is 17.8 Å². The van der Waals surface area contributed by atoms with E-state index in [0.29, 0.717) is 0 Å². The Morgan fingerprint density at radius 2 is 1.21 bits per heavy atom. The van der Waals surface area contributed by atoms with Gasteiger partial charge in [-0.3, -0.25) is 24.5 Å². The van der Waals surface area contributed by atoms with Crippen molar-refractivity contribution in [1.82, 2.24) is 4.90 Å². The van der Waals surface area contributed by atoms with Gasteiger partial charge in [0.05, 0.1) is 92.7 Å². The second-order valence-electron chi connectivity index (χ2n) is 20.1. The largest absolute Gasteiger partial charge is 0.481 e. The smallest absolute Gasteiger partial charge is 0.311 e. The third-order valence-electron chi connectivity index (χ3n) is 13.7. The third kappa shape index (κ3) is 23.5. The van der Waals surface area contributed by atoms with Gasteiger partial charge in [-0.25, -0.2) is 0 Å². The van der Waals surface area contributed by atoms with E-state index in [0.717, 1.165) is 0 Å². The lowest BCUT2D eigenvalue weighted by Crippen LogP contribution is -2.64. The number of nitrogens with two attached hydrogens (primary N) is 4. The van der Waals surface area contributed by atoms with Crippen molar-refractivity contribution in [1.29, 1.82) is 0 Å². The van der Waals surface area contributed by atoms with E-state index in [9.17, 15) is 65.8 Å². The van der Waals surface area contributed by atoms with Gasteiger partial charge in [0.25, 0.3) is 0 Å². The molecular formula is C53H87N7O17. The summed E-state index contributed by atoms with van der Waals surface area (Å²) in [5.74, 6) is -7.41. The minimum atomic E-state index is -2.39. The van der Waals surface area contributed by atoms with Crippen molar-refractivity contribution in [3.05, 3.63) is 85.1 Å². The van der Waals surface area contributed by atoms with Gasteiger partial charge in [-0.2, -0.15) is 0 Å². The summed E-state index contributed by atoms with van der Waals surface area (Å²) >= 11 is 0. The minimum Gasteiger partial charge on any atom is -0.481 e. The van der Waals surface area contributed by atoms with E-state index in [1.165, 1.54) is 6.08 Å². The summed E-state index contributed by atoms with van der Waals surface area (Å²) in [4.78, 5) is 35.2. The van der Waals surface area contributed by atoms with E-state index in [2.05, 4.69) is 9.98 Å². The van der Waals surface area contributed by atoms with E-state index >= 15 is 0 Å². The Balaban J connectivity index is 1.98. The number of guanidine groups is 2. The first-order valence-electron chi connectivity index (χ1n) is 26.1. The van der Waals surface area contributed by atoms with Crippen LogP contribution in [0.5, 0.6) is 0 Å². The Morgan fingerprint density at radius 3 is 1.75 bits per heavy atom. The zero-order chi connectivity index (χ0) is 57.4. The molecule has 0 spiro atoms. The minimum absolute atomic E-state index is 0.0623. The van der Waals surface area contributed by atoms with Gasteiger partial charge in [0.15, 0.2) is 24.0 Å². The molecule has 19 N–H and O–H groups in total. The first-order chi connectivity index (χ1) is 36.3. The highest BCUT2D eigenvalue weighted by Crippen LogP contribution is 2.38. The molecule has 24 nitrogen and oxygen atoms in total. The van der Waals surface area contributed by atoms with E-state index in [1.807, 2.05) is 13.0 Å². The van der Waals surface area contributed by atoms with Crippen molar-refractivity contribution in [2.75, 3.05) is 26.2 Å². The zero-order valence-corrected chi connectivity index (χ0v) is 44.5. The number of nitrogens with zero attached hydrogens (tertiary/aromatic N) is 3. The SMILES string of the molecule is C[C@@H]1[C@H](O)[C@@H](C)/C=C/C=C/C=C/C=C/C=C/C=C/C=C/[C@H](O[C@@H]2O[C@H](C)[C@@H](O)[C@H](N(CCN=C(N)N)CCN=C(N)N)[C@@H]2O)C[C@@H]2O[C@](O)(C[C@@H](O)C[C@@H](O)[C@H](O)CC[C@@H](O)C[C@@H](O)CC(=O)O[C@H]1C)C[C@H](O)[C@H]2C(=O)O. The molecule has 2 saturated heterocycles. The molecule has 2 fully saturated rings. The van der Waals surface area contributed by atoms with Crippen LogP contribution in [0.1, 0.15) is 79.1 Å². The quantitative estimate of drug-likeness (QED) is 0.0680. The van der Waals surface area contributed by atoms with Crippen LogP contribution in [0.25, 0.3) is 0 Å². The number of carbonyl (C=O) groups is 2. The second kappa shape index (κ2) is 33.5. The van der Waals surface area contributed by atoms with E-state index in [-0.39, 0.29) is 63.3 Å². The van der Waals surface area contributed by atoms with Gasteiger partial charge in [-0.15, -0.1) is 0 Å². The summed E-state index contributed by atoms with van der Waals surface area (Å²) in [6.07, 6.45) is 2.31. The van der Waals surface area contributed by atoms with Gasteiger partial charge >= 0.3 is 11.9 Å². The molecule has 19 atom stereocenters. The number of cyclic esters (lactones) is 1. The average Bonchev–Trinajstić information content (AvgIpc) is 3.33. The van der Waals surface area contributed by atoms with E-state index in [4.69, 9.17) is 41.9 Å². The Kier molecular flexibility index (Phi) is 28.9. The van der Waals surface area contributed by atoms with Crippen LogP contribution in [0.4, 0.5) is 0 Å². The van der Waals surface area contributed by atoms with Crippen molar-refractivity contribution in [2.45, 2.75) is 177 Å². The maximum Gasteiger partial charge on any atom is 0.311 e. The average molecular weight is 1090 g/mol. The molecule has 0 amide bonds.